The Morgan fingerprint density at radius 2 is 1.50 bits per heavy atom. The molecule has 3 aromatic rings. The van der Waals surface area contributed by atoms with Gasteiger partial charge in [0.25, 0.3) is 0 Å². The fraction of sp³-hybridized carbons (Fsp3) is 0.118. The second-order valence-electron chi connectivity index (χ2n) is 4.88. The maximum atomic E-state index is 11.2. The molecular weight excluding hydrogens is 294 g/mol. The molecule has 1 heterocycles. The third kappa shape index (κ3) is 3.20. The number of carbonyl (C=O) groups is 1. The Labute approximate surface area is 132 Å². The molecule has 0 aliphatic rings. The van der Waals surface area contributed by atoms with E-state index in [0.717, 1.165) is 16.1 Å². The van der Waals surface area contributed by atoms with E-state index in [4.69, 9.17) is 0 Å². The summed E-state index contributed by atoms with van der Waals surface area (Å²) in [4.78, 5) is 11.2. The number of nitrogens with one attached hydrogen (secondary N) is 1. The molecule has 0 aliphatic carbocycles. The van der Waals surface area contributed by atoms with Crippen molar-refractivity contribution in [1.82, 2.24) is 10.2 Å². The lowest BCUT2D eigenvalue weighted by Crippen LogP contribution is -2.04. The highest BCUT2D eigenvalue weighted by Gasteiger charge is 2.21. The lowest BCUT2D eigenvalue weighted by atomic mass is 9.92. The molecular formula is C17H15N3OS. The zero-order valence-electron chi connectivity index (χ0n) is 12.1. The molecule has 0 atom stereocenters. The normalized spacial score (nSPS) is 10.6. The van der Waals surface area contributed by atoms with Crippen molar-refractivity contribution in [2.45, 2.75) is 12.8 Å². The summed E-state index contributed by atoms with van der Waals surface area (Å²) < 4.78 is 0. The highest BCUT2D eigenvalue weighted by Crippen LogP contribution is 2.34. The number of nitrogens with zero attached hydrogens (tertiary/aromatic N) is 2. The van der Waals surface area contributed by atoms with E-state index in [1.165, 1.54) is 18.3 Å². The number of rotatable bonds is 4. The zero-order valence-corrected chi connectivity index (χ0v) is 12.9. The summed E-state index contributed by atoms with van der Waals surface area (Å²) in [5, 5.41) is 12.4. The van der Waals surface area contributed by atoms with Crippen LogP contribution in [0.4, 0.5) is 5.13 Å². The predicted molar refractivity (Wildman–Crippen MR) is 88.0 cm³/mol. The Morgan fingerprint density at radius 3 is 2.00 bits per heavy atom. The third-order valence-corrected chi connectivity index (χ3v) is 4.14. The number of amides is 1. The minimum atomic E-state index is -0.140. The van der Waals surface area contributed by atoms with Crippen LogP contribution in [0.5, 0.6) is 0 Å². The van der Waals surface area contributed by atoms with E-state index in [-0.39, 0.29) is 11.8 Å². The Kier molecular flexibility index (Phi) is 4.25. The van der Waals surface area contributed by atoms with Crippen LogP contribution in [0, 0.1) is 0 Å². The van der Waals surface area contributed by atoms with Crippen molar-refractivity contribution < 1.29 is 4.79 Å². The first-order valence-electron chi connectivity index (χ1n) is 6.95. The standard InChI is InChI=1S/C17H15N3OS/c1-12(21)18-17-20-19-16(22-17)15(13-8-4-2-5-9-13)14-10-6-3-7-11-14/h2-11,15H,1H3,(H,18,20,21). The first kappa shape index (κ1) is 14.4. The van der Waals surface area contributed by atoms with Gasteiger partial charge in [0.2, 0.25) is 11.0 Å². The molecule has 2 aromatic carbocycles. The van der Waals surface area contributed by atoms with Crippen LogP contribution in [0.25, 0.3) is 0 Å². The van der Waals surface area contributed by atoms with Crippen LogP contribution in [0.15, 0.2) is 60.7 Å². The average molecular weight is 309 g/mol. The second-order valence-corrected chi connectivity index (χ2v) is 5.89. The van der Waals surface area contributed by atoms with Gasteiger partial charge in [0.1, 0.15) is 5.01 Å². The van der Waals surface area contributed by atoms with Gasteiger partial charge in [-0.15, -0.1) is 10.2 Å². The van der Waals surface area contributed by atoms with Gasteiger partial charge in [0.05, 0.1) is 5.92 Å². The largest absolute Gasteiger partial charge is 0.301 e. The minimum absolute atomic E-state index is 0.0161. The molecule has 0 saturated carbocycles. The lowest BCUT2D eigenvalue weighted by molar-refractivity contribution is -0.114. The van der Waals surface area contributed by atoms with E-state index in [0.29, 0.717) is 5.13 Å². The highest BCUT2D eigenvalue weighted by atomic mass is 32.1. The van der Waals surface area contributed by atoms with E-state index >= 15 is 0 Å². The molecule has 3 rings (SSSR count). The van der Waals surface area contributed by atoms with Crippen molar-refractivity contribution >= 4 is 22.4 Å². The molecule has 1 amide bonds. The van der Waals surface area contributed by atoms with Gasteiger partial charge in [-0.25, -0.2) is 0 Å². The smallest absolute Gasteiger partial charge is 0.223 e. The van der Waals surface area contributed by atoms with Gasteiger partial charge in [-0.3, -0.25) is 4.79 Å². The van der Waals surface area contributed by atoms with Crippen molar-refractivity contribution in [1.29, 1.82) is 0 Å². The molecule has 0 fully saturated rings. The van der Waals surface area contributed by atoms with Crippen LogP contribution in [0.2, 0.25) is 0 Å². The number of hydrogen-bond acceptors (Lipinski definition) is 4. The summed E-state index contributed by atoms with van der Waals surface area (Å²) in [5.41, 5.74) is 2.30. The Balaban J connectivity index is 2.02. The maximum absolute atomic E-state index is 11.2. The molecule has 1 N–H and O–H groups in total. The van der Waals surface area contributed by atoms with Crippen molar-refractivity contribution in [3.63, 3.8) is 0 Å². The molecule has 110 valence electrons. The molecule has 0 bridgehead atoms. The molecule has 0 aliphatic heterocycles. The molecule has 22 heavy (non-hydrogen) atoms. The summed E-state index contributed by atoms with van der Waals surface area (Å²) in [6.45, 7) is 1.47. The van der Waals surface area contributed by atoms with Gasteiger partial charge >= 0.3 is 0 Å². The maximum Gasteiger partial charge on any atom is 0.223 e. The monoisotopic (exact) mass is 309 g/mol. The fourth-order valence-corrected chi connectivity index (χ4v) is 3.27. The Bertz CT molecular complexity index is 716. The molecule has 0 spiro atoms. The van der Waals surface area contributed by atoms with E-state index in [1.807, 2.05) is 36.4 Å². The Morgan fingerprint density at radius 1 is 0.955 bits per heavy atom. The van der Waals surface area contributed by atoms with Crippen LogP contribution >= 0.6 is 11.3 Å². The van der Waals surface area contributed by atoms with Gasteiger partial charge < -0.3 is 5.32 Å². The molecule has 1 aromatic heterocycles. The van der Waals surface area contributed by atoms with E-state index in [1.54, 1.807) is 0 Å². The summed E-state index contributed by atoms with van der Waals surface area (Å²) in [5.74, 6) is -0.124. The highest BCUT2D eigenvalue weighted by molar-refractivity contribution is 7.15. The number of anilines is 1. The van der Waals surface area contributed by atoms with E-state index in [2.05, 4.69) is 39.8 Å². The molecule has 0 saturated heterocycles. The van der Waals surface area contributed by atoms with Crippen molar-refractivity contribution in [3.05, 3.63) is 76.8 Å². The summed E-state index contributed by atoms with van der Waals surface area (Å²) in [6.07, 6.45) is 0. The van der Waals surface area contributed by atoms with E-state index in [9.17, 15) is 4.79 Å². The first-order chi connectivity index (χ1) is 10.7. The van der Waals surface area contributed by atoms with Crippen LogP contribution < -0.4 is 5.32 Å². The minimum Gasteiger partial charge on any atom is -0.301 e. The van der Waals surface area contributed by atoms with Crippen LogP contribution in [0.3, 0.4) is 0 Å². The number of aromatic nitrogens is 2. The third-order valence-electron chi connectivity index (χ3n) is 3.24. The van der Waals surface area contributed by atoms with Crippen LogP contribution in [0.1, 0.15) is 29.0 Å². The summed E-state index contributed by atoms with van der Waals surface area (Å²) >= 11 is 1.40. The second kappa shape index (κ2) is 6.49. The summed E-state index contributed by atoms with van der Waals surface area (Å²) in [6, 6.07) is 20.4. The molecule has 5 heteroatoms. The van der Waals surface area contributed by atoms with Crippen molar-refractivity contribution in [3.8, 4) is 0 Å². The Hall–Kier alpha value is -2.53. The van der Waals surface area contributed by atoms with Crippen molar-refractivity contribution in [2.24, 2.45) is 0 Å². The van der Waals surface area contributed by atoms with Gasteiger partial charge in [-0.2, -0.15) is 0 Å². The zero-order chi connectivity index (χ0) is 15.4. The number of carbonyl (C=O) groups excluding carboxylic acids is 1. The number of hydrogen-bond donors (Lipinski definition) is 1. The van der Waals surface area contributed by atoms with E-state index < -0.39 is 0 Å². The van der Waals surface area contributed by atoms with Crippen LogP contribution in [-0.4, -0.2) is 16.1 Å². The lowest BCUT2D eigenvalue weighted by Gasteiger charge is -2.14. The molecule has 0 radical (unpaired) electrons. The predicted octanol–water partition coefficient (Wildman–Crippen LogP) is 3.68. The molecule has 0 unspecified atom stereocenters. The SMILES string of the molecule is CC(=O)Nc1nnc(C(c2ccccc2)c2ccccc2)s1. The quantitative estimate of drug-likeness (QED) is 0.800. The first-order valence-corrected chi connectivity index (χ1v) is 7.76. The van der Waals surface area contributed by atoms with Gasteiger partial charge in [0, 0.05) is 6.92 Å². The topological polar surface area (TPSA) is 54.9 Å². The fourth-order valence-electron chi connectivity index (χ4n) is 2.32. The van der Waals surface area contributed by atoms with Gasteiger partial charge in [-0.05, 0) is 11.1 Å². The van der Waals surface area contributed by atoms with Gasteiger partial charge in [-0.1, -0.05) is 72.0 Å². The summed E-state index contributed by atoms with van der Waals surface area (Å²) in [7, 11) is 0. The van der Waals surface area contributed by atoms with Crippen LogP contribution in [-0.2, 0) is 4.79 Å². The number of benzene rings is 2. The van der Waals surface area contributed by atoms with Gasteiger partial charge in [0.15, 0.2) is 0 Å². The average Bonchev–Trinajstić information content (AvgIpc) is 2.97. The van der Waals surface area contributed by atoms with Crippen molar-refractivity contribution in [2.75, 3.05) is 5.32 Å². The molecule has 4 nitrogen and oxygen atoms in total.